The van der Waals surface area contributed by atoms with Gasteiger partial charge in [-0.25, -0.2) is 4.98 Å². The first kappa shape index (κ1) is 13.4. The zero-order valence-electron chi connectivity index (χ0n) is 12.3. The van der Waals surface area contributed by atoms with Gasteiger partial charge >= 0.3 is 0 Å². The first-order valence-electron chi connectivity index (χ1n) is 6.88. The summed E-state index contributed by atoms with van der Waals surface area (Å²) >= 11 is 0. The standard InChI is InChI=1S/C17H17N3O/c1-11-4-7-14(8-5-11)16-17(18-13(3)21)20-10-12(2)6-9-15(20)19-16/h4-10H,1-3H3,(H,18,21). The van der Waals surface area contributed by atoms with E-state index in [1.165, 1.54) is 12.5 Å². The van der Waals surface area contributed by atoms with Crippen LogP contribution < -0.4 is 5.32 Å². The number of hydrogen-bond donors (Lipinski definition) is 1. The quantitative estimate of drug-likeness (QED) is 0.779. The molecule has 0 aliphatic rings. The Morgan fingerprint density at radius 1 is 1.05 bits per heavy atom. The number of fused-ring (bicyclic) bond motifs is 1. The maximum Gasteiger partial charge on any atom is 0.222 e. The first-order chi connectivity index (χ1) is 10.0. The van der Waals surface area contributed by atoms with Crippen molar-refractivity contribution in [2.45, 2.75) is 20.8 Å². The van der Waals surface area contributed by atoms with Crippen molar-refractivity contribution in [3.8, 4) is 11.3 Å². The maximum absolute atomic E-state index is 11.5. The molecule has 0 saturated heterocycles. The lowest BCUT2D eigenvalue weighted by Crippen LogP contribution is -2.09. The van der Waals surface area contributed by atoms with Gasteiger partial charge in [0.25, 0.3) is 0 Å². The zero-order chi connectivity index (χ0) is 15.0. The molecule has 2 heterocycles. The van der Waals surface area contributed by atoms with Crippen LogP contribution >= 0.6 is 0 Å². The lowest BCUT2D eigenvalue weighted by molar-refractivity contribution is -0.114. The van der Waals surface area contributed by atoms with E-state index >= 15 is 0 Å². The Hall–Kier alpha value is -2.62. The molecule has 106 valence electrons. The van der Waals surface area contributed by atoms with Crippen molar-refractivity contribution in [2.24, 2.45) is 0 Å². The van der Waals surface area contributed by atoms with Crippen molar-refractivity contribution in [3.63, 3.8) is 0 Å². The minimum atomic E-state index is -0.105. The van der Waals surface area contributed by atoms with E-state index in [0.717, 1.165) is 22.5 Å². The van der Waals surface area contributed by atoms with E-state index in [2.05, 4.69) is 10.3 Å². The molecule has 0 unspecified atom stereocenters. The normalized spacial score (nSPS) is 10.8. The van der Waals surface area contributed by atoms with Gasteiger partial charge in [-0.05, 0) is 25.5 Å². The van der Waals surface area contributed by atoms with Crippen molar-refractivity contribution in [1.29, 1.82) is 0 Å². The van der Waals surface area contributed by atoms with Crippen LogP contribution in [0.4, 0.5) is 5.82 Å². The number of amides is 1. The number of benzene rings is 1. The molecule has 0 aliphatic heterocycles. The Morgan fingerprint density at radius 3 is 2.38 bits per heavy atom. The lowest BCUT2D eigenvalue weighted by atomic mass is 10.1. The number of carbonyl (C=O) groups is 1. The Labute approximate surface area is 123 Å². The zero-order valence-corrected chi connectivity index (χ0v) is 12.3. The van der Waals surface area contributed by atoms with Gasteiger partial charge in [-0.3, -0.25) is 9.20 Å². The minimum Gasteiger partial charge on any atom is -0.310 e. The van der Waals surface area contributed by atoms with Gasteiger partial charge in [-0.2, -0.15) is 0 Å². The second-order valence-electron chi connectivity index (χ2n) is 5.29. The predicted octanol–water partition coefficient (Wildman–Crippen LogP) is 3.58. The van der Waals surface area contributed by atoms with Gasteiger partial charge in [0.15, 0.2) is 0 Å². The maximum atomic E-state index is 11.5. The highest BCUT2D eigenvalue weighted by molar-refractivity contribution is 5.93. The van der Waals surface area contributed by atoms with E-state index in [1.807, 2.05) is 60.8 Å². The number of anilines is 1. The van der Waals surface area contributed by atoms with Gasteiger partial charge in [-0.1, -0.05) is 35.9 Å². The molecular weight excluding hydrogens is 262 g/mol. The van der Waals surface area contributed by atoms with E-state index in [-0.39, 0.29) is 5.91 Å². The van der Waals surface area contributed by atoms with E-state index in [9.17, 15) is 4.79 Å². The highest BCUT2D eigenvalue weighted by atomic mass is 16.1. The van der Waals surface area contributed by atoms with Crippen molar-refractivity contribution in [3.05, 3.63) is 53.7 Å². The van der Waals surface area contributed by atoms with Gasteiger partial charge in [0, 0.05) is 18.7 Å². The molecule has 0 saturated carbocycles. The van der Waals surface area contributed by atoms with Gasteiger partial charge < -0.3 is 5.32 Å². The van der Waals surface area contributed by atoms with Gasteiger partial charge in [0.2, 0.25) is 5.91 Å². The Morgan fingerprint density at radius 2 is 1.71 bits per heavy atom. The summed E-state index contributed by atoms with van der Waals surface area (Å²) in [5, 5.41) is 2.90. The van der Waals surface area contributed by atoms with Crippen molar-refractivity contribution < 1.29 is 4.79 Å². The molecule has 4 heteroatoms. The van der Waals surface area contributed by atoms with Crippen LogP contribution in [-0.2, 0) is 4.79 Å². The van der Waals surface area contributed by atoms with Gasteiger partial charge in [-0.15, -0.1) is 0 Å². The number of carbonyl (C=O) groups excluding carboxylic acids is 1. The molecule has 0 bridgehead atoms. The topological polar surface area (TPSA) is 46.4 Å². The second kappa shape index (κ2) is 5.05. The molecule has 1 N–H and O–H groups in total. The molecule has 1 amide bonds. The number of nitrogens with zero attached hydrogens (tertiary/aromatic N) is 2. The summed E-state index contributed by atoms with van der Waals surface area (Å²) in [5.74, 6) is 0.608. The third-order valence-corrected chi connectivity index (χ3v) is 3.39. The third kappa shape index (κ3) is 2.52. The Balaban J connectivity index is 2.25. The summed E-state index contributed by atoms with van der Waals surface area (Å²) in [6.45, 7) is 5.57. The number of nitrogens with one attached hydrogen (secondary N) is 1. The van der Waals surface area contributed by atoms with Crippen LogP contribution in [0.1, 0.15) is 18.1 Å². The molecule has 0 radical (unpaired) electrons. The fraction of sp³-hybridized carbons (Fsp3) is 0.176. The van der Waals surface area contributed by atoms with Crippen LogP contribution in [0.25, 0.3) is 16.9 Å². The van der Waals surface area contributed by atoms with Gasteiger partial charge in [0.05, 0.1) is 0 Å². The average Bonchev–Trinajstić information content (AvgIpc) is 2.77. The van der Waals surface area contributed by atoms with Crippen molar-refractivity contribution >= 4 is 17.4 Å². The second-order valence-corrected chi connectivity index (χ2v) is 5.29. The Kier molecular flexibility index (Phi) is 3.22. The summed E-state index contributed by atoms with van der Waals surface area (Å²) in [6, 6.07) is 12.1. The number of aromatic nitrogens is 2. The molecule has 3 aromatic rings. The monoisotopic (exact) mass is 279 g/mol. The molecule has 4 nitrogen and oxygen atoms in total. The van der Waals surface area contributed by atoms with Gasteiger partial charge in [0.1, 0.15) is 17.2 Å². The summed E-state index contributed by atoms with van der Waals surface area (Å²) in [4.78, 5) is 16.2. The number of aryl methyl sites for hydroxylation is 2. The fourth-order valence-electron chi connectivity index (χ4n) is 2.35. The SMILES string of the molecule is CC(=O)Nc1c(-c2ccc(C)cc2)nc2ccc(C)cn12. The number of pyridine rings is 1. The van der Waals surface area contributed by atoms with E-state index < -0.39 is 0 Å². The van der Waals surface area contributed by atoms with Crippen LogP contribution in [-0.4, -0.2) is 15.3 Å². The number of hydrogen-bond acceptors (Lipinski definition) is 2. The number of imidazole rings is 1. The average molecular weight is 279 g/mol. The first-order valence-corrected chi connectivity index (χ1v) is 6.88. The van der Waals surface area contributed by atoms with Crippen LogP contribution in [0, 0.1) is 13.8 Å². The Bertz CT molecular complexity index is 816. The molecule has 0 aliphatic carbocycles. The van der Waals surface area contributed by atoms with E-state index in [1.54, 1.807) is 0 Å². The highest BCUT2D eigenvalue weighted by Gasteiger charge is 2.15. The third-order valence-electron chi connectivity index (χ3n) is 3.39. The molecule has 2 aromatic heterocycles. The molecule has 1 aromatic carbocycles. The molecular formula is C17H17N3O. The van der Waals surface area contributed by atoms with Crippen LogP contribution in [0.15, 0.2) is 42.6 Å². The van der Waals surface area contributed by atoms with Crippen LogP contribution in [0.3, 0.4) is 0 Å². The lowest BCUT2D eigenvalue weighted by Gasteiger charge is -2.06. The molecule has 21 heavy (non-hydrogen) atoms. The predicted molar refractivity (Wildman–Crippen MR) is 84.4 cm³/mol. The molecule has 0 spiro atoms. The summed E-state index contributed by atoms with van der Waals surface area (Å²) in [5.41, 5.74) is 4.91. The molecule has 0 fully saturated rings. The summed E-state index contributed by atoms with van der Waals surface area (Å²) < 4.78 is 1.92. The largest absolute Gasteiger partial charge is 0.310 e. The van der Waals surface area contributed by atoms with E-state index in [0.29, 0.717) is 5.82 Å². The number of rotatable bonds is 2. The smallest absolute Gasteiger partial charge is 0.222 e. The molecule has 0 atom stereocenters. The summed E-state index contributed by atoms with van der Waals surface area (Å²) in [6.07, 6.45) is 1.98. The highest BCUT2D eigenvalue weighted by Crippen LogP contribution is 2.29. The minimum absolute atomic E-state index is 0.105. The fourth-order valence-corrected chi connectivity index (χ4v) is 2.35. The van der Waals surface area contributed by atoms with E-state index in [4.69, 9.17) is 0 Å². The van der Waals surface area contributed by atoms with Crippen LogP contribution in [0.5, 0.6) is 0 Å². The van der Waals surface area contributed by atoms with Crippen molar-refractivity contribution in [2.75, 3.05) is 5.32 Å². The van der Waals surface area contributed by atoms with Crippen LogP contribution in [0.2, 0.25) is 0 Å². The molecule has 3 rings (SSSR count). The van der Waals surface area contributed by atoms with Crippen molar-refractivity contribution in [1.82, 2.24) is 9.38 Å². The summed E-state index contributed by atoms with van der Waals surface area (Å²) in [7, 11) is 0.